The molecule has 0 amide bonds. The molecule has 0 spiro atoms. The highest BCUT2D eigenvalue weighted by atomic mass is 19.1. The van der Waals surface area contributed by atoms with E-state index in [-0.39, 0.29) is 5.97 Å². The molecule has 0 aliphatic heterocycles. The van der Waals surface area contributed by atoms with Gasteiger partial charge in [0.1, 0.15) is 6.67 Å². The fraction of sp³-hybridized carbons (Fsp3) is 0.385. The second kappa shape index (κ2) is 6.78. The van der Waals surface area contributed by atoms with Gasteiger partial charge in [-0.2, -0.15) is 0 Å². The predicted molar refractivity (Wildman–Crippen MR) is 65.5 cm³/mol. The fourth-order valence-electron chi connectivity index (χ4n) is 1.41. The van der Waals surface area contributed by atoms with E-state index in [0.29, 0.717) is 30.0 Å². The molecule has 4 heteroatoms. The molecule has 0 unspecified atom stereocenters. The zero-order valence-electron chi connectivity index (χ0n) is 10.1. The molecule has 0 N–H and O–H groups in total. The van der Waals surface area contributed by atoms with Crippen LogP contribution in [0.1, 0.15) is 29.8 Å². The van der Waals surface area contributed by atoms with E-state index in [9.17, 15) is 9.18 Å². The molecule has 0 atom stereocenters. The van der Waals surface area contributed by atoms with Gasteiger partial charge in [0.25, 0.3) is 0 Å². The highest BCUT2D eigenvalue weighted by Crippen LogP contribution is 2.08. The average molecular weight is 237 g/mol. The lowest BCUT2D eigenvalue weighted by Crippen LogP contribution is -2.07. The van der Waals surface area contributed by atoms with Crippen molar-refractivity contribution in [3.8, 4) is 0 Å². The van der Waals surface area contributed by atoms with Crippen molar-refractivity contribution in [3.63, 3.8) is 0 Å². The lowest BCUT2D eigenvalue weighted by Gasteiger charge is -2.04. The molecule has 0 aromatic heterocycles. The molecule has 0 radical (unpaired) electrons. The van der Waals surface area contributed by atoms with Crippen LogP contribution in [0.3, 0.4) is 0 Å². The number of nitrogens with zero attached hydrogens (tertiary/aromatic N) is 1. The molecular weight excluding hydrogens is 221 g/mol. The van der Waals surface area contributed by atoms with Crippen LogP contribution in [-0.2, 0) is 4.74 Å². The first-order valence-corrected chi connectivity index (χ1v) is 5.59. The van der Waals surface area contributed by atoms with E-state index in [1.165, 1.54) is 0 Å². The van der Waals surface area contributed by atoms with E-state index in [1.807, 2.05) is 6.92 Å². The van der Waals surface area contributed by atoms with E-state index in [4.69, 9.17) is 4.74 Å². The van der Waals surface area contributed by atoms with Crippen LogP contribution in [0.4, 0.5) is 4.39 Å². The standard InChI is InChI=1S/C13H16FNO2/c1-3-15-12(9-14)10-5-7-11(8-6-10)13(16)17-4-2/h5-8H,3-4,9H2,1-2H3. The number of rotatable bonds is 5. The van der Waals surface area contributed by atoms with Gasteiger partial charge in [-0.3, -0.25) is 4.99 Å². The first-order chi connectivity index (χ1) is 8.22. The van der Waals surface area contributed by atoms with Crippen molar-refractivity contribution in [2.45, 2.75) is 13.8 Å². The van der Waals surface area contributed by atoms with E-state index >= 15 is 0 Å². The highest BCUT2D eigenvalue weighted by molar-refractivity contribution is 6.02. The van der Waals surface area contributed by atoms with Crippen LogP contribution in [0.15, 0.2) is 29.3 Å². The number of aliphatic imine (C=N–C) groups is 1. The SMILES string of the molecule is CCN=C(CF)c1ccc(C(=O)OCC)cc1. The van der Waals surface area contributed by atoms with Crippen LogP contribution in [0.2, 0.25) is 0 Å². The smallest absolute Gasteiger partial charge is 0.338 e. The second-order valence-electron chi connectivity index (χ2n) is 3.35. The van der Waals surface area contributed by atoms with Gasteiger partial charge in [0.15, 0.2) is 0 Å². The molecular formula is C13H16FNO2. The third-order valence-corrected chi connectivity index (χ3v) is 2.20. The molecule has 1 aromatic rings. The topological polar surface area (TPSA) is 38.7 Å². The quantitative estimate of drug-likeness (QED) is 0.583. The molecule has 0 aliphatic carbocycles. The van der Waals surface area contributed by atoms with Gasteiger partial charge < -0.3 is 4.74 Å². The third kappa shape index (κ3) is 3.66. The Bertz CT molecular complexity index is 398. The summed E-state index contributed by atoms with van der Waals surface area (Å²) >= 11 is 0. The van der Waals surface area contributed by atoms with Crippen molar-refractivity contribution in [1.29, 1.82) is 0 Å². The second-order valence-corrected chi connectivity index (χ2v) is 3.35. The monoisotopic (exact) mass is 237 g/mol. The van der Waals surface area contributed by atoms with Gasteiger partial charge in [0, 0.05) is 6.54 Å². The number of carbonyl (C=O) groups excluding carboxylic acids is 1. The lowest BCUT2D eigenvalue weighted by atomic mass is 10.1. The van der Waals surface area contributed by atoms with Crippen molar-refractivity contribution >= 4 is 11.7 Å². The molecule has 0 saturated heterocycles. The first kappa shape index (κ1) is 13.4. The highest BCUT2D eigenvalue weighted by Gasteiger charge is 2.07. The average Bonchev–Trinajstić information content (AvgIpc) is 2.36. The molecule has 0 fully saturated rings. The van der Waals surface area contributed by atoms with E-state index in [0.717, 1.165) is 0 Å². The molecule has 17 heavy (non-hydrogen) atoms. The van der Waals surface area contributed by atoms with Gasteiger partial charge in [-0.15, -0.1) is 0 Å². The van der Waals surface area contributed by atoms with Crippen LogP contribution >= 0.6 is 0 Å². The lowest BCUT2D eigenvalue weighted by molar-refractivity contribution is 0.0526. The molecule has 0 aliphatic rings. The van der Waals surface area contributed by atoms with Gasteiger partial charge in [0.2, 0.25) is 0 Å². The maximum atomic E-state index is 12.7. The number of ether oxygens (including phenoxy) is 1. The Balaban J connectivity index is 2.87. The third-order valence-electron chi connectivity index (χ3n) is 2.20. The minimum Gasteiger partial charge on any atom is -0.462 e. The summed E-state index contributed by atoms with van der Waals surface area (Å²) in [6, 6.07) is 6.60. The van der Waals surface area contributed by atoms with Crippen molar-refractivity contribution in [2.24, 2.45) is 4.99 Å². The van der Waals surface area contributed by atoms with Crippen LogP contribution in [0.5, 0.6) is 0 Å². The van der Waals surface area contributed by atoms with Crippen LogP contribution in [0.25, 0.3) is 0 Å². The van der Waals surface area contributed by atoms with E-state index in [1.54, 1.807) is 31.2 Å². The fourth-order valence-corrected chi connectivity index (χ4v) is 1.41. The molecule has 0 bridgehead atoms. The number of benzene rings is 1. The summed E-state index contributed by atoms with van der Waals surface area (Å²) < 4.78 is 17.5. The Hall–Kier alpha value is -1.71. The number of alkyl halides is 1. The summed E-state index contributed by atoms with van der Waals surface area (Å²) in [5, 5.41) is 0. The molecule has 1 aromatic carbocycles. The number of carbonyl (C=O) groups is 1. The zero-order valence-corrected chi connectivity index (χ0v) is 10.1. The van der Waals surface area contributed by atoms with Crippen molar-refractivity contribution in [3.05, 3.63) is 35.4 Å². The van der Waals surface area contributed by atoms with Crippen LogP contribution in [0, 0.1) is 0 Å². The normalized spacial score (nSPS) is 11.4. The number of hydrogen-bond acceptors (Lipinski definition) is 3. The summed E-state index contributed by atoms with van der Waals surface area (Å²) in [5.41, 5.74) is 1.57. The van der Waals surface area contributed by atoms with Crippen molar-refractivity contribution in [1.82, 2.24) is 0 Å². The van der Waals surface area contributed by atoms with Crippen molar-refractivity contribution < 1.29 is 13.9 Å². The van der Waals surface area contributed by atoms with Gasteiger partial charge in [-0.05, 0) is 31.5 Å². The van der Waals surface area contributed by atoms with Gasteiger partial charge >= 0.3 is 5.97 Å². The Morgan fingerprint density at radius 1 is 1.24 bits per heavy atom. The Kier molecular flexibility index (Phi) is 5.33. The maximum absolute atomic E-state index is 12.7. The minimum absolute atomic E-state index is 0.341. The number of halogens is 1. The Morgan fingerprint density at radius 3 is 2.29 bits per heavy atom. The largest absolute Gasteiger partial charge is 0.462 e. The molecule has 3 nitrogen and oxygen atoms in total. The Labute approximate surface area is 100 Å². The zero-order chi connectivity index (χ0) is 12.7. The maximum Gasteiger partial charge on any atom is 0.338 e. The predicted octanol–water partition coefficient (Wildman–Crippen LogP) is 2.64. The molecule has 1 rings (SSSR count). The molecule has 0 heterocycles. The van der Waals surface area contributed by atoms with Gasteiger partial charge in [-0.25, -0.2) is 9.18 Å². The number of esters is 1. The number of hydrogen-bond donors (Lipinski definition) is 0. The van der Waals surface area contributed by atoms with Gasteiger partial charge in [0.05, 0.1) is 17.9 Å². The summed E-state index contributed by atoms with van der Waals surface area (Å²) in [7, 11) is 0. The van der Waals surface area contributed by atoms with Crippen LogP contribution < -0.4 is 0 Å². The van der Waals surface area contributed by atoms with Crippen LogP contribution in [-0.4, -0.2) is 31.5 Å². The Morgan fingerprint density at radius 2 is 1.82 bits per heavy atom. The summed E-state index contributed by atoms with van der Waals surface area (Å²) in [4.78, 5) is 15.4. The molecule has 0 saturated carbocycles. The molecule has 92 valence electrons. The first-order valence-electron chi connectivity index (χ1n) is 5.59. The summed E-state index contributed by atoms with van der Waals surface area (Å²) in [5.74, 6) is -0.367. The summed E-state index contributed by atoms with van der Waals surface area (Å²) in [6.45, 7) is 3.88. The minimum atomic E-state index is -0.605. The summed E-state index contributed by atoms with van der Waals surface area (Å²) in [6.07, 6.45) is 0. The van der Waals surface area contributed by atoms with Gasteiger partial charge in [-0.1, -0.05) is 12.1 Å². The van der Waals surface area contributed by atoms with Crippen molar-refractivity contribution in [2.75, 3.05) is 19.8 Å². The van der Waals surface area contributed by atoms with E-state index in [2.05, 4.69) is 4.99 Å². The van der Waals surface area contributed by atoms with E-state index < -0.39 is 6.67 Å².